The third-order valence-corrected chi connectivity index (χ3v) is 4.43. The van der Waals surface area contributed by atoms with Gasteiger partial charge in [0.25, 0.3) is 0 Å². The average Bonchev–Trinajstić information content (AvgIpc) is 3.22. The van der Waals surface area contributed by atoms with E-state index in [2.05, 4.69) is 22.0 Å². The Morgan fingerprint density at radius 3 is 2.85 bits per heavy atom. The van der Waals surface area contributed by atoms with Crippen molar-refractivity contribution in [3.05, 3.63) is 46.9 Å². The molecule has 4 atom stereocenters. The van der Waals surface area contributed by atoms with E-state index >= 15 is 0 Å². The molecular formula is C16H19FN4O5. The first-order chi connectivity index (χ1) is 12.4. The fraction of sp³-hybridized carbons (Fsp3) is 0.438. The Bertz CT molecular complexity index is 841. The number of rotatable bonds is 6. The number of nitrogens with one attached hydrogen (secondary N) is 1. The van der Waals surface area contributed by atoms with E-state index in [1.807, 2.05) is 0 Å². The lowest BCUT2D eigenvalue weighted by Gasteiger charge is -2.30. The number of aliphatic hydroxyl groups excluding tert-OH is 2. The summed E-state index contributed by atoms with van der Waals surface area (Å²) in [5.41, 5.74) is -4.67. The summed E-state index contributed by atoms with van der Waals surface area (Å²) in [4.78, 5) is 19.7. The second kappa shape index (κ2) is 6.63. The van der Waals surface area contributed by atoms with Crippen molar-refractivity contribution >= 4 is 12.5 Å². The number of alkyl halides is 1. The number of nitrogens with zero attached hydrogens (tertiary/aromatic N) is 3. The SMILES string of the molecule is C=N[C@]1(CO)OC(C)(n2ccc(NCc3ccco3)nc2=O)C(F)C1O. The molecule has 10 heteroatoms. The van der Waals surface area contributed by atoms with Crippen LogP contribution in [0.4, 0.5) is 10.2 Å². The standard InChI is InChI=1S/C16H19FN4O5/c1-15(12(17)13(23)16(9-22,18-2)26-15)21-6-5-11(20-14(21)24)19-8-10-4-3-7-25-10/h3-7,12-13,22-23H,2,8-9H2,1H3,(H,19,20,24)/t12?,13?,15?,16-/m1/s1. The van der Waals surface area contributed by atoms with Gasteiger partial charge >= 0.3 is 5.69 Å². The van der Waals surface area contributed by atoms with Gasteiger partial charge in [-0.15, -0.1) is 0 Å². The number of hydrogen-bond donors (Lipinski definition) is 3. The van der Waals surface area contributed by atoms with Crippen molar-refractivity contribution in [3.63, 3.8) is 0 Å². The molecule has 3 unspecified atom stereocenters. The Hall–Kier alpha value is -2.56. The first-order valence-corrected chi connectivity index (χ1v) is 7.84. The van der Waals surface area contributed by atoms with Crippen molar-refractivity contribution in [2.45, 2.75) is 37.2 Å². The van der Waals surface area contributed by atoms with E-state index in [0.717, 1.165) is 4.57 Å². The van der Waals surface area contributed by atoms with Gasteiger partial charge in [0, 0.05) is 6.20 Å². The van der Waals surface area contributed by atoms with Crippen molar-refractivity contribution in [1.29, 1.82) is 0 Å². The van der Waals surface area contributed by atoms with Crippen LogP contribution < -0.4 is 11.0 Å². The fourth-order valence-electron chi connectivity index (χ4n) is 2.91. The summed E-state index contributed by atoms with van der Waals surface area (Å²) in [7, 11) is 0. The molecular weight excluding hydrogens is 347 g/mol. The van der Waals surface area contributed by atoms with Gasteiger partial charge in [-0.2, -0.15) is 4.98 Å². The van der Waals surface area contributed by atoms with E-state index in [9.17, 15) is 19.4 Å². The molecule has 1 aliphatic heterocycles. The zero-order valence-electron chi connectivity index (χ0n) is 14.0. The molecule has 0 aliphatic carbocycles. The zero-order chi connectivity index (χ0) is 18.9. The highest BCUT2D eigenvalue weighted by molar-refractivity contribution is 5.33. The molecule has 0 aromatic carbocycles. The minimum Gasteiger partial charge on any atom is -0.467 e. The van der Waals surface area contributed by atoms with Crippen LogP contribution in [0.5, 0.6) is 0 Å². The topological polar surface area (TPSA) is 122 Å². The summed E-state index contributed by atoms with van der Waals surface area (Å²) < 4.78 is 26.3. The first-order valence-electron chi connectivity index (χ1n) is 7.84. The predicted molar refractivity (Wildman–Crippen MR) is 89.5 cm³/mol. The number of hydrogen-bond acceptors (Lipinski definition) is 8. The van der Waals surface area contributed by atoms with E-state index in [1.54, 1.807) is 12.1 Å². The van der Waals surface area contributed by atoms with Gasteiger partial charge < -0.3 is 24.7 Å². The largest absolute Gasteiger partial charge is 0.467 e. The molecule has 3 N–H and O–H groups in total. The van der Waals surface area contributed by atoms with E-state index in [-0.39, 0.29) is 5.82 Å². The fourth-order valence-corrected chi connectivity index (χ4v) is 2.91. The second-order valence-electron chi connectivity index (χ2n) is 6.06. The van der Waals surface area contributed by atoms with Crippen LogP contribution in [0.3, 0.4) is 0 Å². The average molecular weight is 366 g/mol. The molecule has 0 amide bonds. The van der Waals surface area contributed by atoms with Crippen LogP contribution in [0.15, 0.2) is 44.9 Å². The zero-order valence-corrected chi connectivity index (χ0v) is 14.0. The number of aliphatic hydroxyl groups is 2. The molecule has 3 heterocycles. The van der Waals surface area contributed by atoms with Crippen molar-refractivity contribution < 1.29 is 23.8 Å². The quantitative estimate of drug-likeness (QED) is 0.626. The Morgan fingerprint density at radius 2 is 2.31 bits per heavy atom. The number of furan rings is 1. The Labute approximate surface area is 147 Å². The number of aromatic nitrogens is 2. The molecule has 1 fully saturated rings. The van der Waals surface area contributed by atoms with E-state index in [1.165, 1.54) is 25.5 Å². The van der Waals surface area contributed by atoms with Gasteiger partial charge in [0.15, 0.2) is 11.9 Å². The third-order valence-electron chi connectivity index (χ3n) is 4.43. The van der Waals surface area contributed by atoms with Crippen LogP contribution in [0, 0.1) is 0 Å². The molecule has 0 saturated carbocycles. The summed E-state index contributed by atoms with van der Waals surface area (Å²) in [6, 6.07) is 4.94. The predicted octanol–water partition coefficient (Wildman–Crippen LogP) is 0.240. The lowest BCUT2D eigenvalue weighted by Crippen LogP contribution is -2.46. The summed E-state index contributed by atoms with van der Waals surface area (Å²) in [6.07, 6.45) is -1.02. The highest BCUT2D eigenvalue weighted by Gasteiger charge is 2.62. The Kier molecular flexibility index (Phi) is 4.65. The van der Waals surface area contributed by atoms with Gasteiger partial charge in [-0.3, -0.25) is 9.56 Å². The van der Waals surface area contributed by atoms with Gasteiger partial charge in [-0.05, 0) is 31.8 Å². The molecule has 140 valence electrons. The summed E-state index contributed by atoms with van der Waals surface area (Å²) in [6.45, 7) is 4.02. The highest BCUT2D eigenvalue weighted by Crippen LogP contribution is 2.43. The van der Waals surface area contributed by atoms with Gasteiger partial charge in [0.2, 0.25) is 5.72 Å². The van der Waals surface area contributed by atoms with E-state index in [0.29, 0.717) is 12.3 Å². The smallest absolute Gasteiger partial charge is 0.351 e. The number of aliphatic imine (C=N–C) groups is 1. The number of halogens is 1. The van der Waals surface area contributed by atoms with Crippen LogP contribution >= 0.6 is 0 Å². The number of anilines is 1. The summed E-state index contributed by atoms with van der Waals surface area (Å²) >= 11 is 0. The molecule has 1 aliphatic rings. The van der Waals surface area contributed by atoms with Crippen LogP contribution in [-0.4, -0.2) is 51.1 Å². The number of ether oxygens (including phenoxy) is 1. The maximum Gasteiger partial charge on any atom is 0.351 e. The van der Waals surface area contributed by atoms with Crippen LogP contribution in [0.2, 0.25) is 0 Å². The second-order valence-corrected chi connectivity index (χ2v) is 6.06. The van der Waals surface area contributed by atoms with Crippen molar-refractivity contribution in [1.82, 2.24) is 9.55 Å². The third kappa shape index (κ3) is 2.81. The summed E-state index contributed by atoms with van der Waals surface area (Å²) in [5.74, 6) is 0.911. The van der Waals surface area contributed by atoms with Gasteiger partial charge in [0.1, 0.15) is 17.7 Å². The van der Waals surface area contributed by atoms with Crippen molar-refractivity contribution in [3.8, 4) is 0 Å². The molecule has 9 nitrogen and oxygen atoms in total. The maximum absolute atomic E-state index is 14.7. The van der Waals surface area contributed by atoms with Crippen LogP contribution in [0.25, 0.3) is 0 Å². The van der Waals surface area contributed by atoms with Crippen molar-refractivity contribution in [2.24, 2.45) is 4.99 Å². The molecule has 26 heavy (non-hydrogen) atoms. The van der Waals surface area contributed by atoms with Gasteiger partial charge in [-0.25, -0.2) is 9.18 Å². The van der Waals surface area contributed by atoms with E-state index < -0.39 is 36.0 Å². The van der Waals surface area contributed by atoms with Crippen LogP contribution in [-0.2, 0) is 17.0 Å². The Balaban J connectivity index is 1.87. The molecule has 0 bridgehead atoms. The first kappa shape index (κ1) is 18.2. The lowest BCUT2D eigenvalue weighted by atomic mass is 10.0. The monoisotopic (exact) mass is 366 g/mol. The molecule has 2 aromatic heterocycles. The Morgan fingerprint density at radius 1 is 1.54 bits per heavy atom. The highest BCUT2D eigenvalue weighted by atomic mass is 19.1. The molecule has 0 radical (unpaired) electrons. The normalized spacial score (nSPS) is 31.1. The van der Waals surface area contributed by atoms with Crippen molar-refractivity contribution in [2.75, 3.05) is 11.9 Å². The maximum atomic E-state index is 14.7. The van der Waals surface area contributed by atoms with Gasteiger partial charge in [-0.1, -0.05) is 0 Å². The minimum atomic E-state index is -2.04. The van der Waals surface area contributed by atoms with Gasteiger partial charge in [0.05, 0.1) is 19.4 Å². The summed E-state index contributed by atoms with van der Waals surface area (Å²) in [5, 5.41) is 22.4. The molecule has 2 aromatic rings. The lowest BCUT2D eigenvalue weighted by molar-refractivity contribution is -0.172. The molecule has 3 rings (SSSR count). The minimum absolute atomic E-state index is 0.260. The molecule has 0 spiro atoms. The van der Waals surface area contributed by atoms with Crippen LogP contribution in [0.1, 0.15) is 12.7 Å². The molecule has 1 saturated heterocycles. The van der Waals surface area contributed by atoms with E-state index in [4.69, 9.17) is 9.15 Å².